The maximum atomic E-state index is 12.2. The van der Waals surface area contributed by atoms with Crippen LogP contribution in [0.2, 0.25) is 0 Å². The predicted octanol–water partition coefficient (Wildman–Crippen LogP) is 0.243. The monoisotopic (exact) mass is 324 g/mol. The first-order valence-electron chi connectivity index (χ1n) is 7.66. The maximum Gasteiger partial charge on any atom is 0.330 e. The zero-order chi connectivity index (χ0) is 16.8. The van der Waals surface area contributed by atoms with Crippen LogP contribution in [0, 0.1) is 6.92 Å². The van der Waals surface area contributed by atoms with Crippen molar-refractivity contribution >= 4 is 5.97 Å². The van der Waals surface area contributed by atoms with Crippen LogP contribution >= 0.6 is 0 Å². The number of rotatable bonds is 3. The molecule has 8 nitrogen and oxygen atoms in total. The second-order valence-electron chi connectivity index (χ2n) is 6.02. The summed E-state index contributed by atoms with van der Waals surface area (Å²) >= 11 is 0. The second-order valence-corrected chi connectivity index (χ2v) is 6.02. The highest BCUT2D eigenvalue weighted by Crippen LogP contribution is 2.47. The molecule has 2 aliphatic rings. The smallest absolute Gasteiger partial charge is 0.330 e. The third kappa shape index (κ3) is 2.51. The third-order valence-electron chi connectivity index (χ3n) is 4.60. The van der Waals surface area contributed by atoms with Crippen LogP contribution < -0.4 is 11.2 Å². The minimum absolute atomic E-state index is 0.393. The Labute approximate surface area is 132 Å². The molecule has 2 aliphatic heterocycles. The molecule has 4 atom stereocenters. The Balaban J connectivity index is 2.05. The lowest BCUT2D eigenvalue weighted by Crippen LogP contribution is -2.51. The van der Waals surface area contributed by atoms with Crippen molar-refractivity contribution in [1.29, 1.82) is 0 Å². The summed E-state index contributed by atoms with van der Waals surface area (Å²) < 4.78 is 18.6. The number of nitrogens with one attached hydrogen (secondary N) is 1. The Morgan fingerprint density at radius 3 is 2.91 bits per heavy atom. The van der Waals surface area contributed by atoms with Crippen LogP contribution in [0.1, 0.15) is 38.5 Å². The summed E-state index contributed by atoms with van der Waals surface area (Å²) in [7, 11) is 0. The average Bonchev–Trinajstić information content (AvgIpc) is 2.67. The van der Waals surface area contributed by atoms with Gasteiger partial charge in [0.25, 0.3) is 5.56 Å². The Bertz CT molecular complexity index is 738. The minimum atomic E-state index is -0.746. The quantitative estimate of drug-likeness (QED) is 0.800. The first kappa shape index (κ1) is 15.9. The molecule has 3 rings (SSSR count). The fraction of sp³-hybridized carbons (Fsp3) is 0.667. The van der Waals surface area contributed by atoms with Gasteiger partial charge < -0.3 is 14.2 Å². The molecule has 0 amide bonds. The number of hydrogen-bond donors (Lipinski definition) is 1. The minimum Gasteiger partial charge on any atom is -0.456 e. The van der Waals surface area contributed by atoms with E-state index in [1.165, 1.54) is 17.7 Å². The van der Waals surface area contributed by atoms with Crippen LogP contribution in [0.3, 0.4) is 0 Å². The van der Waals surface area contributed by atoms with Gasteiger partial charge in [-0.3, -0.25) is 19.1 Å². The first-order chi connectivity index (χ1) is 10.9. The zero-order valence-corrected chi connectivity index (χ0v) is 13.3. The number of carbonyl (C=O) groups excluding carboxylic acids is 1. The van der Waals surface area contributed by atoms with Crippen molar-refractivity contribution < 1.29 is 19.0 Å². The van der Waals surface area contributed by atoms with Crippen LogP contribution in [-0.2, 0) is 19.0 Å². The number of aryl methyl sites for hydroxylation is 1. The number of hydrogen-bond acceptors (Lipinski definition) is 6. The third-order valence-corrected chi connectivity index (χ3v) is 4.60. The summed E-state index contributed by atoms with van der Waals surface area (Å²) in [5.41, 5.74) is -1.29. The van der Waals surface area contributed by atoms with Gasteiger partial charge in [0.2, 0.25) is 0 Å². The molecule has 3 heterocycles. The molecule has 0 radical (unpaired) electrons. The van der Waals surface area contributed by atoms with E-state index in [2.05, 4.69) is 4.98 Å². The average molecular weight is 324 g/mol. The highest BCUT2D eigenvalue weighted by molar-refractivity contribution is 5.66. The first-order valence-corrected chi connectivity index (χ1v) is 7.66. The molecule has 8 heteroatoms. The van der Waals surface area contributed by atoms with Crippen molar-refractivity contribution in [3.05, 3.63) is 32.6 Å². The Morgan fingerprint density at radius 1 is 1.52 bits per heavy atom. The lowest BCUT2D eigenvalue weighted by Gasteiger charge is -2.37. The topological polar surface area (TPSA) is 99.6 Å². The second kappa shape index (κ2) is 5.61. The van der Waals surface area contributed by atoms with E-state index in [4.69, 9.17) is 14.2 Å². The number of carbonyl (C=O) groups is 1. The van der Waals surface area contributed by atoms with Gasteiger partial charge in [-0.25, -0.2) is 4.79 Å². The van der Waals surface area contributed by atoms with Crippen molar-refractivity contribution in [3.8, 4) is 0 Å². The molecule has 126 valence electrons. The van der Waals surface area contributed by atoms with E-state index in [0.717, 1.165) is 0 Å². The van der Waals surface area contributed by atoms with E-state index in [-0.39, 0.29) is 0 Å². The van der Waals surface area contributed by atoms with Gasteiger partial charge in [0, 0.05) is 25.1 Å². The summed E-state index contributed by atoms with van der Waals surface area (Å²) in [5.74, 6) is -0.419. The number of H-pyrrole nitrogens is 1. The molecule has 1 aromatic heterocycles. The van der Waals surface area contributed by atoms with Crippen LogP contribution in [0.15, 0.2) is 15.8 Å². The van der Waals surface area contributed by atoms with E-state index >= 15 is 0 Å². The normalized spacial score (nSPS) is 32.7. The standard InChI is InChI=1S/C15H20N2O6/c1-4-15-5-6-21-10(11(15)22-9(3)18)13(23-15)17-7-8(2)12(19)16-14(17)20/h7,10-11,13H,4-6H2,1-3H3,(H,16,19,20)/t10?,11-,13-,15+/m1/s1. The van der Waals surface area contributed by atoms with E-state index in [1.807, 2.05) is 6.92 Å². The van der Waals surface area contributed by atoms with Gasteiger partial charge in [-0.15, -0.1) is 0 Å². The summed E-state index contributed by atoms with van der Waals surface area (Å²) in [6.07, 6.45) is 0.733. The molecule has 0 spiro atoms. The van der Waals surface area contributed by atoms with Crippen LogP contribution in [-0.4, -0.2) is 39.9 Å². The molecule has 0 aromatic carbocycles. The number of esters is 1. The lowest BCUT2D eigenvalue weighted by atomic mass is 9.87. The Kier molecular flexibility index (Phi) is 3.89. The number of nitrogens with zero attached hydrogens (tertiary/aromatic N) is 1. The van der Waals surface area contributed by atoms with E-state index in [9.17, 15) is 14.4 Å². The highest BCUT2D eigenvalue weighted by atomic mass is 16.6. The fourth-order valence-electron chi connectivity index (χ4n) is 3.37. The van der Waals surface area contributed by atoms with Gasteiger partial charge in [0.1, 0.15) is 11.7 Å². The van der Waals surface area contributed by atoms with E-state index < -0.39 is 41.3 Å². The van der Waals surface area contributed by atoms with Gasteiger partial charge in [0.15, 0.2) is 12.3 Å². The molecule has 2 saturated heterocycles. The Hall–Kier alpha value is -1.93. The molecule has 2 bridgehead atoms. The number of ether oxygens (including phenoxy) is 3. The molecule has 1 unspecified atom stereocenters. The lowest BCUT2D eigenvalue weighted by molar-refractivity contribution is -0.175. The molecule has 0 aliphatic carbocycles. The Morgan fingerprint density at radius 2 is 2.26 bits per heavy atom. The predicted molar refractivity (Wildman–Crippen MR) is 79.1 cm³/mol. The van der Waals surface area contributed by atoms with Gasteiger partial charge in [-0.1, -0.05) is 6.92 Å². The summed E-state index contributed by atoms with van der Waals surface area (Å²) in [5, 5.41) is 0. The molecule has 1 N–H and O–H groups in total. The summed E-state index contributed by atoms with van der Waals surface area (Å²) in [4.78, 5) is 37.4. The molecule has 1 aromatic rings. The van der Waals surface area contributed by atoms with Crippen molar-refractivity contribution in [1.82, 2.24) is 9.55 Å². The van der Waals surface area contributed by atoms with Crippen LogP contribution in [0.5, 0.6) is 0 Å². The summed E-state index contributed by atoms with van der Waals surface area (Å²) in [6, 6.07) is 0. The molecule has 0 saturated carbocycles. The molecule has 23 heavy (non-hydrogen) atoms. The van der Waals surface area contributed by atoms with Crippen molar-refractivity contribution in [2.75, 3.05) is 6.61 Å². The van der Waals surface area contributed by atoms with Gasteiger partial charge >= 0.3 is 11.7 Å². The maximum absolute atomic E-state index is 12.2. The van der Waals surface area contributed by atoms with E-state index in [1.54, 1.807) is 6.92 Å². The number of fused-ring (bicyclic) bond motifs is 2. The van der Waals surface area contributed by atoms with Crippen LogP contribution in [0.25, 0.3) is 0 Å². The van der Waals surface area contributed by atoms with Crippen LogP contribution in [0.4, 0.5) is 0 Å². The van der Waals surface area contributed by atoms with Gasteiger partial charge in [0.05, 0.1) is 6.61 Å². The van der Waals surface area contributed by atoms with Crippen molar-refractivity contribution in [3.63, 3.8) is 0 Å². The molecular formula is C15H20N2O6. The zero-order valence-electron chi connectivity index (χ0n) is 13.3. The summed E-state index contributed by atoms with van der Waals surface area (Å²) in [6.45, 7) is 5.35. The van der Waals surface area contributed by atoms with Crippen molar-refractivity contribution in [2.45, 2.75) is 57.6 Å². The van der Waals surface area contributed by atoms with Gasteiger partial charge in [-0.05, 0) is 13.3 Å². The number of aromatic nitrogens is 2. The highest BCUT2D eigenvalue weighted by Gasteiger charge is 2.60. The fourth-order valence-corrected chi connectivity index (χ4v) is 3.37. The van der Waals surface area contributed by atoms with Gasteiger partial charge in [-0.2, -0.15) is 0 Å². The molecule has 2 fully saturated rings. The SMILES string of the molecule is CC[C@@]12CCOC([C@H](n3cc(C)c(=O)[nH]c3=O)O1)[C@H]2OC(C)=O. The van der Waals surface area contributed by atoms with Crippen molar-refractivity contribution in [2.24, 2.45) is 0 Å². The van der Waals surface area contributed by atoms with E-state index in [0.29, 0.717) is 25.0 Å². The largest absolute Gasteiger partial charge is 0.456 e. The molecular weight excluding hydrogens is 304 g/mol. The number of aromatic amines is 1.